The molecule has 0 N–H and O–H groups in total. The van der Waals surface area contributed by atoms with Crippen molar-refractivity contribution in [3.05, 3.63) is 40.8 Å². The van der Waals surface area contributed by atoms with Gasteiger partial charge in [0.1, 0.15) is 5.82 Å². The summed E-state index contributed by atoms with van der Waals surface area (Å²) in [5, 5.41) is 0. The molecule has 2 heterocycles. The zero-order chi connectivity index (χ0) is 10.1. The number of nitrogens with zero attached hydrogens (tertiary/aromatic N) is 1. The number of hydrogen-bond donors (Lipinski definition) is 0. The van der Waals surface area contributed by atoms with E-state index in [1.54, 1.807) is 17.5 Å². The van der Waals surface area contributed by atoms with Crippen molar-refractivity contribution >= 4 is 11.3 Å². The van der Waals surface area contributed by atoms with Gasteiger partial charge in [-0.2, -0.15) is 0 Å². The Morgan fingerprint density at radius 1 is 1.21 bits per heavy atom. The third kappa shape index (κ3) is 1.68. The summed E-state index contributed by atoms with van der Waals surface area (Å²) in [6.07, 6.45) is 2.91. The SMILES string of the molecule is Cc1cc(-c2cncc(F)c2)sc1C. The number of aryl methyl sites for hydroxylation is 2. The Morgan fingerprint density at radius 3 is 2.57 bits per heavy atom. The van der Waals surface area contributed by atoms with Crippen LogP contribution in [0.4, 0.5) is 4.39 Å². The van der Waals surface area contributed by atoms with Crippen LogP contribution in [-0.4, -0.2) is 4.98 Å². The third-order valence-corrected chi connectivity index (χ3v) is 3.36. The van der Waals surface area contributed by atoms with E-state index < -0.39 is 0 Å². The lowest BCUT2D eigenvalue weighted by molar-refractivity contribution is 0.622. The van der Waals surface area contributed by atoms with Crippen molar-refractivity contribution in [1.29, 1.82) is 0 Å². The lowest BCUT2D eigenvalue weighted by atomic mass is 10.2. The average molecular weight is 207 g/mol. The third-order valence-electron chi connectivity index (χ3n) is 2.16. The van der Waals surface area contributed by atoms with Gasteiger partial charge in [0.25, 0.3) is 0 Å². The van der Waals surface area contributed by atoms with Gasteiger partial charge in [0.05, 0.1) is 6.20 Å². The maximum atomic E-state index is 12.9. The predicted octanol–water partition coefficient (Wildman–Crippen LogP) is 3.57. The molecule has 0 aliphatic rings. The molecule has 0 aromatic carbocycles. The maximum absolute atomic E-state index is 12.9. The van der Waals surface area contributed by atoms with Crippen LogP contribution in [0.1, 0.15) is 10.4 Å². The first kappa shape index (κ1) is 9.34. The normalized spacial score (nSPS) is 10.5. The number of thiophene rings is 1. The summed E-state index contributed by atoms with van der Waals surface area (Å²) in [5.74, 6) is -0.286. The zero-order valence-corrected chi connectivity index (χ0v) is 8.86. The Balaban J connectivity index is 2.49. The first-order chi connectivity index (χ1) is 6.66. The molecule has 0 saturated heterocycles. The molecule has 2 aromatic heterocycles. The summed E-state index contributed by atoms with van der Waals surface area (Å²) < 4.78 is 12.9. The smallest absolute Gasteiger partial charge is 0.142 e. The largest absolute Gasteiger partial charge is 0.261 e. The summed E-state index contributed by atoms with van der Waals surface area (Å²) in [5.41, 5.74) is 2.10. The average Bonchev–Trinajstić information content (AvgIpc) is 2.47. The van der Waals surface area contributed by atoms with Gasteiger partial charge in [0, 0.05) is 21.5 Å². The van der Waals surface area contributed by atoms with Crippen molar-refractivity contribution in [3.8, 4) is 10.4 Å². The summed E-state index contributed by atoms with van der Waals surface area (Å²) in [7, 11) is 0. The monoisotopic (exact) mass is 207 g/mol. The Bertz CT molecular complexity index is 443. The second-order valence-electron chi connectivity index (χ2n) is 3.24. The number of halogens is 1. The summed E-state index contributed by atoms with van der Waals surface area (Å²) in [6.45, 7) is 4.12. The Morgan fingerprint density at radius 2 is 2.00 bits per heavy atom. The summed E-state index contributed by atoms with van der Waals surface area (Å²) >= 11 is 1.67. The topological polar surface area (TPSA) is 12.9 Å². The maximum Gasteiger partial charge on any atom is 0.142 e. The van der Waals surface area contributed by atoms with Gasteiger partial charge in [-0.15, -0.1) is 11.3 Å². The van der Waals surface area contributed by atoms with Crippen molar-refractivity contribution < 1.29 is 4.39 Å². The van der Waals surface area contributed by atoms with E-state index in [0.29, 0.717) is 0 Å². The van der Waals surface area contributed by atoms with Crippen LogP contribution in [0.15, 0.2) is 24.5 Å². The molecule has 0 aliphatic heterocycles. The van der Waals surface area contributed by atoms with Gasteiger partial charge in [0.15, 0.2) is 0 Å². The zero-order valence-electron chi connectivity index (χ0n) is 8.04. The highest BCUT2D eigenvalue weighted by Gasteiger charge is 2.05. The van der Waals surface area contributed by atoms with E-state index in [1.165, 1.54) is 22.7 Å². The highest BCUT2D eigenvalue weighted by molar-refractivity contribution is 7.15. The fraction of sp³-hybridized carbons (Fsp3) is 0.182. The molecule has 1 nitrogen and oxygen atoms in total. The van der Waals surface area contributed by atoms with Crippen molar-refractivity contribution in [3.63, 3.8) is 0 Å². The van der Waals surface area contributed by atoms with Crippen LogP contribution in [0.5, 0.6) is 0 Å². The minimum atomic E-state index is -0.286. The minimum Gasteiger partial charge on any atom is -0.261 e. The van der Waals surface area contributed by atoms with Crippen LogP contribution >= 0.6 is 11.3 Å². The standard InChI is InChI=1S/C11H10FNS/c1-7-3-11(14-8(7)2)9-4-10(12)6-13-5-9/h3-6H,1-2H3. The van der Waals surface area contributed by atoms with Crippen LogP contribution in [0.2, 0.25) is 0 Å². The molecule has 0 saturated carbocycles. The fourth-order valence-electron chi connectivity index (χ4n) is 1.26. The first-order valence-corrected chi connectivity index (χ1v) is 5.16. The van der Waals surface area contributed by atoms with Crippen molar-refractivity contribution in [2.45, 2.75) is 13.8 Å². The van der Waals surface area contributed by atoms with E-state index in [1.807, 2.05) is 0 Å². The van der Waals surface area contributed by atoms with Crippen LogP contribution < -0.4 is 0 Å². The molecule has 0 fully saturated rings. The van der Waals surface area contributed by atoms with Crippen molar-refractivity contribution in [1.82, 2.24) is 4.98 Å². The Hall–Kier alpha value is -1.22. The Labute approximate surface area is 86.2 Å². The molecule has 0 bridgehead atoms. The number of pyridine rings is 1. The molecule has 2 rings (SSSR count). The molecule has 0 aliphatic carbocycles. The summed E-state index contributed by atoms with van der Waals surface area (Å²) in [6, 6.07) is 3.58. The van der Waals surface area contributed by atoms with E-state index in [9.17, 15) is 4.39 Å². The van der Waals surface area contributed by atoms with E-state index >= 15 is 0 Å². The molecule has 0 spiro atoms. The molecular formula is C11H10FNS. The highest BCUT2D eigenvalue weighted by atomic mass is 32.1. The molecule has 0 radical (unpaired) electrons. The van der Waals surface area contributed by atoms with E-state index in [-0.39, 0.29) is 5.82 Å². The molecule has 0 unspecified atom stereocenters. The van der Waals surface area contributed by atoms with Crippen LogP contribution in [0, 0.1) is 19.7 Å². The van der Waals surface area contributed by atoms with E-state index in [4.69, 9.17) is 0 Å². The molecule has 0 amide bonds. The lowest BCUT2D eigenvalue weighted by Crippen LogP contribution is -1.79. The van der Waals surface area contributed by atoms with Crippen LogP contribution in [0.25, 0.3) is 10.4 Å². The highest BCUT2D eigenvalue weighted by Crippen LogP contribution is 2.30. The van der Waals surface area contributed by atoms with Gasteiger partial charge < -0.3 is 0 Å². The second-order valence-corrected chi connectivity index (χ2v) is 4.50. The fourth-order valence-corrected chi connectivity index (χ4v) is 2.28. The van der Waals surface area contributed by atoms with Gasteiger partial charge in [-0.25, -0.2) is 4.39 Å². The minimum absolute atomic E-state index is 0.286. The van der Waals surface area contributed by atoms with E-state index in [2.05, 4.69) is 24.9 Å². The number of rotatable bonds is 1. The molecule has 2 aromatic rings. The predicted molar refractivity (Wildman–Crippen MR) is 57.0 cm³/mol. The Kier molecular flexibility index (Phi) is 2.33. The van der Waals surface area contributed by atoms with Gasteiger partial charge in [-0.1, -0.05) is 0 Å². The second kappa shape index (κ2) is 3.50. The van der Waals surface area contributed by atoms with Crippen molar-refractivity contribution in [2.75, 3.05) is 0 Å². The quantitative estimate of drug-likeness (QED) is 0.696. The van der Waals surface area contributed by atoms with Crippen LogP contribution in [-0.2, 0) is 0 Å². The number of hydrogen-bond acceptors (Lipinski definition) is 2. The molecular weight excluding hydrogens is 197 g/mol. The van der Waals surface area contributed by atoms with Gasteiger partial charge in [-0.3, -0.25) is 4.98 Å². The van der Waals surface area contributed by atoms with Gasteiger partial charge in [-0.05, 0) is 31.5 Å². The van der Waals surface area contributed by atoms with Gasteiger partial charge >= 0.3 is 0 Å². The molecule has 14 heavy (non-hydrogen) atoms. The number of aromatic nitrogens is 1. The van der Waals surface area contributed by atoms with Crippen LogP contribution in [0.3, 0.4) is 0 Å². The van der Waals surface area contributed by atoms with E-state index in [0.717, 1.165) is 10.4 Å². The first-order valence-electron chi connectivity index (χ1n) is 4.35. The summed E-state index contributed by atoms with van der Waals surface area (Å²) in [4.78, 5) is 6.17. The molecule has 0 atom stereocenters. The van der Waals surface area contributed by atoms with Gasteiger partial charge in [0.2, 0.25) is 0 Å². The molecule has 3 heteroatoms. The molecule has 72 valence electrons. The lowest BCUT2D eigenvalue weighted by Gasteiger charge is -1.95. The van der Waals surface area contributed by atoms with Crippen molar-refractivity contribution in [2.24, 2.45) is 0 Å².